The molecule has 1 spiro atoms. The van der Waals surface area contributed by atoms with Gasteiger partial charge in [-0.25, -0.2) is 0 Å². The number of hydrogen-bond acceptors (Lipinski definition) is 5. The Labute approximate surface area is 145 Å². The fourth-order valence-electron chi connectivity index (χ4n) is 5.16. The van der Waals surface area contributed by atoms with Gasteiger partial charge >= 0.3 is 0 Å². The molecule has 3 aliphatic rings. The molecule has 0 bridgehead atoms. The monoisotopic (exact) mass is 332 g/mol. The van der Waals surface area contributed by atoms with Gasteiger partial charge in [-0.2, -0.15) is 4.98 Å². The van der Waals surface area contributed by atoms with Gasteiger partial charge in [-0.1, -0.05) is 26.2 Å². The van der Waals surface area contributed by atoms with E-state index in [1.165, 1.54) is 71.0 Å². The van der Waals surface area contributed by atoms with Crippen LogP contribution in [0.25, 0.3) is 0 Å². The van der Waals surface area contributed by atoms with Crippen LogP contribution in [-0.4, -0.2) is 47.8 Å². The molecule has 3 fully saturated rings. The molecule has 0 amide bonds. The van der Waals surface area contributed by atoms with Gasteiger partial charge in [0.05, 0.1) is 0 Å². The molecule has 134 valence electrons. The van der Waals surface area contributed by atoms with Gasteiger partial charge < -0.3 is 14.3 Å². The number of aromatic nitrogens is 2. The maximum Gasteiger partial charge on any atom is 0.266 e. The highest BCUT2D eigenvalue weighted by Gasteiger charge is 2.42. The van der Waals surface area contributed by atoms with Gasteiger partial charge in [0, 0.05) is 38.0 Å². The summed E-state index contributed by atoms with van der Waals surface area (Å²) in [5, 5.41) is 4.19. The molecule has 0 N–H and O–H groups in total. The van der Waals surface area contributed by atoms with Gasteiger partial charge in [-0.15, -0.1) is 0 Å². The number of rotatable bonds is 4. The van der Waals surface area contributed by atoms with Gasteiger partial charge in [0.15, 0.2) is 0 Å². The average Bonchev–Trinajstić information content (AvgIpc) is 3.23. The summed E-state index contributed by atoms with van der Waals surface area (Å²) >= 11 is 0. The fraction of sp³-hybridized carbons (Fsp3) is 0.895. The SMILES string of the molecule is CCc1nc(N2CC[C@@]3(CCCN(CC4CCCCC4)C3)C2)no1. The molecule has 0 aromatic carbocycles. The van der Waals surface area contributed by atoms with E-state index in [0.29, 0.717) is 5.41 Å². The number of piperidine rings is 1. The van der Waals surface area contributed by atoms with Crippen molar-refractivity contribution >= 4 is 5.95 Å². The van der Waals surface area contributed by atoms with E-state index in [2.05, 4.69) is 26.9 Å². The largest absolute Gasteiger partial charge is 0.338 e. The smallest absolute Gasteiger partial charge is 0.266 e. The molecular weight excluding hydrogens is 300 g/mol. The fourth-order valence-corrected chi connectivity index (χ4v) is 5.16. The Balaban J connectivity index is 1.36. The first-order valence-electron chi connectivity index (χ1n) is 10.1. The molecule has 5 heteroatoms. The molecule has 2 saturated heterocycles. The number of likely N-dealkylation sites (tertiary alicyclic amines) is 1. The van der Waals surface area contributed by atoms with Crippen LogP contribution in [-0.2, 0) is 6.42 Å². The van der Waals surface area contributed by atoms with Gasteiger partial charge in [0.1, 0.15) is 0 Å². The number of aryl methyl sites for hydroxylation is 1. The van der Waals surface area contributed by atoms with Crippen LogP contribution in [0.2, 0.25) is 0 Å². The minimum Gasteiger partial charge on any atom is -0.338 e. The Morgan fingerprint density at radius 2 is 1.96 bits per heavy atom. The van der Waals surface area contributed by atoms with Crippen LogP contribution >= 0.6 is 0 Å². The summed E-state index contributed by atoms with van der Waals surface area (Å²) < 4.78 is 5.31. The molecule has 0 radical (unpaired) electrons. The van der Waals surface area contributed by atoms with E-state index in [1.807, 2.05) is 0 Å². The van der Waals surface area contributed by atoms with E-state index in [0.717, 1.165) is 37.3 Å². The molecule has 1 atom stereocenters. The van der Waals surface area contributed by atoms with Crippen molar-refractivity contribution in [3.63, 3.8) is 0 Å². The minimum absolute atomic E-state index is 0.458. The van der Waals surface area contributed by atoms with E-state index in [9.17, 15) is 0 Å². The van der Waals surface area contributed by atoms with Gasteiger partial charge in [0.25, 0.3) is 5.95 Å². The molecule has 3 heterocycles. The summed E-state index contributed by atoms with van der Waals surface area (Å²) in [5.41, 5.74) is 0.458. The molecule has 1 saturated carbocycles. The molecular formula is C19H32N4O. The second-order valence-corrected chi connectivity index (χ2v) is 8.36. The second kappa shape index (κ2) is 7.03. The predicted molar refractivity (Wildman–Crippen MR) is 95.2 cm³/mol. The highest BCUT2D eigenvalue weighted by molar-refractivity contribution is 5.31. The Hall–Kier alpha value is -1.10. The van der Waals surface area contributed by atoms with Crippen molar-refractivity contribution in [3.05, 3.63) is 5.89 Å². The number of anilines is 1. The first-order chi connectivity index (χ1) is 11.8. The van der Waals surface area contributed by atoms with Crippen molar-refractivity contribution in [2.24, 2.45) is 11.3 Å². The molecule has 1 aliphatic carbocycles. The van der Waals surface area contributed by atoms with Crippen LogP contribution in [0.3, 0.4) is 0 Å². The summed E-state index contributed by atoms with van der Waals surface area (Å²) in [4.78, 5) is 9.66. The first-order valence-corrected chi connectivity index (χ1v) is 10.1. The van der Waals surface area contributed by atoms with Crippen LogP contribution < -0.4 is 4.90 Å². The lowest BCUT2D eigenvalue weighted by Crippen LogP contribution is -2.46. The van der Waals surface area contributed by atoms with Crippen molar-refractivity contribution in [2.45, 2.75) is 64.7 Å². The van der Waals surface area contributed by atoms with E-state index in [4.69, 9.17) is 4.52 Å². The van der Waals surface area contributed by atoms with Crippen LogP contribution in [0.4, 0.5) is 5.95 Å². The number of hydrogen-bond donors (Lipinski definition) is 0. The highest BCUT2D eigenvalue weighted by Crippen LogP contribution is 2.40. The average molecular weight is 332 g/mol. The highest BCUT2D eigenvalue weighted by atomic mass is 16.5. The Morgan fingerprint density at radius 3 is 2.75 bits per heavy atom. The molecule has 1 aromatic heterocycles. The Bertz CT molecular complexity index is 539. The van der Waals surface area contributed by atoms with Gasteiger partial charge in [-0.3, -0.25) is 0 Å². The maximum absolute atomic E-state index is 5.31. The zero-order valence-corrected chi connectivity index (χ0v) is 15.2. The Kier molecular flexibility index (Phi) is 4.79. The molecule has 2 aliphatic heterocycles. The zero-order valence-electron chi connectivity index (χ0n) is 15.2. The molecule has 5 nitrogen and oxygen atoms in total. The third-order valence-corrected chi connectivity index (χ3v) is 6.46. The normalized spacial score (nSPS) is 29.6. The van der Waals surface area contributed by atoms with Crippen LogP contribution in [0.1, 0.15) is 64.2 Å². The summed E-state index contributed by atoms with van der Waals surface area (Å²) in [6, 6.07) is 0. The molecule has 1 aromatic rings. The second-order valence-electron chi connectivity index (χ2n) is 8.36. The van der Waals surface area contributed by atoms with Gasteiger partial charge in [0.2, 0.25) is 5.89 Å². The zero-order chi connectivity index (χ0) is 16.4. The molecule has 0 unspecified atom stereocenters. The lowest BCUT2D eigenvalue weighted by Gasteiger charge is -2.42. The van der Waals surface area contributed by atoms with Crippen molar-refractivity contribution in [1.82, 2.24) is 15.0 Å². The van der Waals surface area contributed by atoms with Crippen LogP contribution in [0.5, 0.6) is 0 Å². The third kappa shape index (κ3) is 3.46. The first kappa shape index (κ1) is 16.4. The van der Waals surface area contributed by atoms with Crippen molar-refractivity contribution < 1.29 is 4.52 Å². The number of nitrogens with zero attached hydrogens (tertiary/aromatic N) is 4. The lowest BCUT2D eigenvalue weighted by molar-refractivity contribution is 0.0838. The van der Waals surface area contributed by atoms with Crippen molar-refractivity contribution in [3.8, 4) is 0 Å². The standard InChI is InChI=1S/C19H32N4O/c1-2-17-20-18(21-24-17)23-12-10-19(15-23)9-6-11-22(14-19)13-16-7-4-3-5-8-16/h16H,2-15H2,1H3/t19-/m1/s1. The van der Waals surface area contributed by atoms with Crippen LogP contribution in [0.15, 0.2) is 4.52 Å². The maximum atomic E-state index is 5.31. The van der Waals surface area contributed by atoms with Gasteiger partial charge in [-0.05, 0) is 49.7 Å². The van der Waals surface area contributed by atoms with E-state index in [1.54, 1.807) is 0 Å². The van der Waals surface area contributed by atoms with Crippen LogP contribution in [0, 0.1) is 11.3 Å². The molecule has 4 rings (SSSR count). The van der Waals surface area contributed by atoms with E-state index in [-0.39, 0.29) is 0 Å². The van der Waals surface area contributed by atoms with Crippen molar-refractivity contribution in [2.75, 3.05) is 37.6 Å². The van der Waals surface area contributed by atoms with E-state index < -0.39 is 0 Å². The quantitative estimate of drug-likeness (QED) is 0.844. The molecule has 24 heavy (non-hydrogen) atoms. The summed E-state index contributed by atoms with van der Waals surface area (Å²) in [5.74, 6) is 2.53. The summed E-state index contributed by atoms with van der Waals surface area (Å²) in [7, 11) is 0. The summed E-state index contributed by atoms with van der Waals surface area (Å²) in [6.07, 6.45) is 12.1. The topological polar surface area (TPSA) is 45.4 Å². The summed E-state index contributed by atoms with van der Waals surface area (Å²) in [6.45, 7) is 8.17. The van der Waals surface area contributed by atoms with E-state index >= 15 is 0 Å². The Morgan fingerprint density at radius 1 is 1.08 bits per heavy atom. The minimum atomic E-state index is 0.458. The third-order valence-electron chi connectivity index (χ3n) is 6.46. The van der Waals surface area contributed by atoms with Crippen molar-refractivity contribution in [1.29, 1.82) is 0 Å². The predicted octanol–water partition coefficient (Wildman–Crippen LogP) is 3.50. The lowest BCUT2D eigenvalue weighted by atomic mass is 9.78.